The van der Waals surface area contributed by atoms with E-state index in [4.69, 9.17) is 9.84 Å². The second-order valence-corrected chi connectivity index (χ2v) is 10.1. The number of amides is 2. The first-order valence-electron chi connectivity index (χ1n) is 12.4. The summed E-state index contributed by atoms with van der Waals surface area (Å²) in [7, 11) is 0. The van der Waals surface area contributed by atoms with Gasteiger partial charge >= 0.3 is 12.1 Å². The number of aliphatic carboxylic acids is 1. The quantitative estimate of drug-likeness (QED) is 0.434. The lowest BCUT2D eigenvalue weighted by Crippen LogP contribution is -2.45. The van der Waals surface area contributed by atoms with E-state index in [1.165, 1.54) is 22.3 Å². The number of nitrogens with one attached hydrogen (secondary N) is 2. The van der Waals surface area contributed by atoms with Crippen molar-refractivity contribution in [2.75, 3.05) is 19.7 Å². The summed E-state index contributed by atoms with van der Waals surface area (Å²) in [6.07, 6.45) is 3.44. The van der Waals surface area contributed by atoms with Crippen LogP contribution in [0.4, 0.5) is 4.79 Å². The normalized spacial score (nSPS) is 16.4. The number of rotatable bonds is 11. The Labute approximate surface area is 206 Å². The van der Waals surface area contributed by atoms with E-state index in [9.17, 15) is 14.4 Å². The van der Waals surface area contributed by atoms with Gasteiger partial charge in [-0.15, -0.1) is 0 Å². The Bertz CT molecular complexity index is 1030. The molecule has 2 aliphatic carbocycles. The van der Waals surface area contributed by atoms with Crippen LogP contribution in [0.25, 0.3) is 11.1 Å². The Balaban J connectivity index is 1.24. The first kappa shape index (κ1) is 24.8. The molecule has 0 bridgehead atoms. The van der Waals surface area contributed by atoms with Crippen molar-refractivity contribution in [1.82, 2.24) is 10.6 Å². The summed E-state index contributed by atoms with van der Waals surface area (Å²) in [6.45, 7) is 3.00. The minimum absolute atomic E-state index is 0.0140. The summed E-state index contributed by atoms with van der Waals surface area (Å²) >= 11 is 0. The van der Waals surface area contributed by atoms with Gasteiger partial charge in [-0.25, -0.2) is 4.79 Å². The first-order chi connectivity index (χ1) is 16.9. The number of ether oxygens (including phenoxy) is 1. The van der Waals surface area contributed by atoms with E-state index < -0.39 is 12.1 Å². The number of fused-ring (bicyclic) bond motifs is 3. The van der Waals surface area contributed by atoms with E-state index in [-0.39, 0.29) is 36.2 Å². The molecule has 1 atom stereocenters. The van der Waals surface area contributed by atoms with E-state index >= 15 is 0 Å². The number of hydrogen-bond acceptors (Lipinski definition) is 4. The third-order valence-corrected chi connectivity index (χ3v) is 7.38. The maximum atomic E-state index is 12.5. The number of carboxylic acids is 1. The Kier molecular flexibility index (Phi) is 7.73. The molecule has 7 heteroatoms. The molecule has 7 nitrogen and oxygen atoms in total. The largest absolute Gasteiger partial charge is 0.481 e. The number of alkyl carbamates (subject to hydrolysis) is 1. The van der Waals surface area contributed by atoms with Gasteiger partial charge in [-0.1, -0.05) is 61.9 Å². The molecule has 2 aromatic rings. The average Bonchev–Trinajstić information content (AvgIpc) is 3.12. The summed E-state index contributed by atoms with van der Waals surface area (Å²) in [5, 5.41) is 14.6. The second kappa shape index (κ2) is 10.9. The molecule has 186 valence electrons. The Morgan fingerprint density at radius 3 is 2.23 bits per heavy atom. The third-order valence-electron chi connectivity index (χ3n) is 7.38. The number of carbonyl (C=O) groups is 3. The van der Waals surface area contributed by atoms with Crippen LogP contribution >= 0.6 is 0 Å². The van der Waals surface area contributed by atoms with Gasteiger partial charge in [-0.3, -0.25) is 9.59 Å². The lowest BCUT2D eigenvalue weighted by molar-refractivity contribution is -0.138. The van der Waals surface area contributed by atoms with Crippen LogP contribution in [0, 0.1) is 11.3 Å². The van der Waals surface area contributed by atoms with Gasteiger partial charge in [0.05, 0.1) is 0 Å². The van der Waals surface area contributed by atoms with Gasteiger partial charge in [-0.2, -0.15) is 0 Å². The molecule has 2 aliphatic rings. The molecule has 0 saturated heterocycles. The molecule has 2 amide bonds. The highest BCUT2D eigenvalue weighted by atomic mass is 16.5. The van der Waals surface area contributed by atoms with Gasteiger partial charge in [0.15, 0.2) is 0 Å². The second-order valence-electron chi connectivity index (χ2n) is 10.1. The lowest BCUT2D eigenvalue weighted by atomic mass is 9.66. The van der Waals surface area contributed by atoms with Crippen molar-refractivity contribution in [3.63, 3.8) is 0 Å². The molecule has 2 aromatic carbocycles. The number of hydrogen-bond donors (Lipinski definition) is 3. The molecular weight excluding hydrogens is 444 g/mol. The summed E-state index contributed by atoms with van der Waals surface area (Å²) in [5.41, 5.74) is 4.49. The van der Waals surface area contributed by atoms with Gasteiger partial charge in [-0.05, 0) is 52.8 Å². The molecule has 35 heavy (non-hydrogen) atoms. The molecule has 1 saturated carbocycles. The summed E-state index contributed by atoms with van der Waals surface area (Å²) in [5.74, 6) is -0.848. The Morgan fingerprint density at radius 2 is 1.66 bits per heavy atom. The summed E-state index contributed by atoms with van der Waals surface area (Å²) < 4.78 is 5.63. The fourth-order valence-corrected chi connectivity index (χ4v) is 5.26. The fraction of sp³-hybridized carbons (Fsp3) is 0.464. The van der Waals surface area contributed by atoms with Crippen molar-refractivity contribution in [1.29, 1.82) is 0 Å². The zero-order chi connectivity index (χ0) is 24.8. The highest BCUT2D eigenvalue weighted by Crippen LogP contribution is 2.45. The monoisotopic (exact) mass is 478 g/mol. The predicted octanol–water partition coefficient (Wildman–Crippen LogP) is 4.70. The van der Waals surface area contributed by atoms with Crippen molar-refractivity contribution in [3.8, 4) is 11.1 Å². The molecule has 1 fully saturated rings. The highest BCUT2D eigenvalue weighted by Gasteiger charge is 2.39. The molecule has 0 aromatic heterocycles. The van der Waals surface area contributed by atoms with E-state index in [0.29, 0.717) is 25.9 Å². The van der Waals surface area contributed by atoms with Gasteiger partial charge in [0, 0.05) is 31.8 Å². The first-order valence-corrected chi connectivity index (χ1v) is 12.4. The fourth-order valence-electron chi connectivity index (χ4n) is 5.26. The lowest BCUT2D eigenvalue weighted by Gasteiger charge is -2.41. The van der Waals surface area contributed by atoms with Crippen LogP contribution in [0.1, 0.15) is 62.5 Å². The van der Waals surface area contributed by atoms with Crippen molar-refractivity contribution >= 4 is 18.0 Å². The van der Waals surface area contributed by atoms with Crippen LogP contribution < -0.4 is 10.6 Å². The Hall–Kier alpha value is -3.35. The van der Waals surface area contributed by atoms with Crippen molar-refractivity contribution < 1.29 is 24.2 Å². The minimum Gasteiger partial charge on any atom is -0.481 e. The van der Waals surface area contributed by atoms with E-state index in [0.717, 1.165) is 19.3 Å². The number of carbonyl (C=O) groups excluding carboxylic acids is 2. The van der Waals surface area contributed by atoms with Crippen LogP contribution in [0.5, 0.6) is 0 Å². The average molecular weight is 479 g/mol. The molecule has 0 aliphatic heterocycles. The topological polar surface area (TPSA) is 105 Å². The summed E-state index contributed by atoms with van der Waals surface area (Å²) in [6, 6.07) is 16.5. The van der Waals surface area contributed by atoms with Crippen LogP contribution in [0.2, 0.25) is 0 Å². The smallest absolute Gasteiger partial charge is 0.407 e. The van der Waals surface area contributed by atoms with Crippen LogP contribution in [-0.2, 0) is 14.3 Å². The molecule has 1 unspecified atom stereocenters. The van der Waals surface area contributed by atoms with Crippen molar-refractivity contribution in [2.24, 2.45) is 11.3 Å². The van der Waals surface area contributed by atoms with Gasteiger partial charge in [0.2, 0.25) is 5.91 Å². The van der Waals surface area contributed by atoms with E-state index in [1.54, 1.807) is 0 Å². The molecule has 0 radical (unpaired) electrons. The van der Waals surface area contributed by atoms with Crippen LogP contribution in [0.3, 0.4) is 0 Å². The maximum Gasteiger partial charge on any atom is 0.407 e. The molecule has 0 heterocycles. The van der Waals surface area contributed by atoms with Crippen LogP contribution in [0.15, 0.2) is 48.5 Å². The molecular formula is C28H34N2O5. The predicted molar refractivity (Wildman–Crippen MR) is 133 cm³/mol. The number of benzene rings is 2. The van der Waals surface area contributed by atoms with Gasteiger partial charge in [0.1, 0.15) is 6.61 Å². The Morgan fingerprint density at radius 1 is 1.03 bits per heavy atom. The molecule has 3 N–H and O–H groups in total. The van der Waals surface area contributed by atoms with Crippen molar-refractivity contribution in [3.05, 3.63) is 59.7 Å². The SMILES string of the molecule is CC(CCNC(=O)CC1(CNC(=O)OCC2c3ccccc3-c3ccccc32)CCC1)CC(=O)O. The zero-order valence-corrected chi connectivity index (χ0v) is 20.2. The third kappa shape index (κ3) is 6.02. The van der Waals surface area contributed by atoms with Gasteiger partial charge in [0.25, 0.3) is 0 Å². The maximum absolute atomic E-state index is 12.5. The molecule has 4 rings (SSSR count). The standard InChI is InChI=1S/C28H34N2O5/c1-19(15-26(32)33)11-14-29-25(31)16-28(12-6-13-28)18-30-27(34)35-17-24-22-9-4-2-7-20(22)21-8-3-5-10-23(21)24/h2-5,7-10,19,24H,6,11-18H2,1H3,(H,29,31)(H,30,34)(H,32,33). The van der Waals surface area contributed by atoms with E-state index in [1.807, 2.05) is 31.2 Å². The van der Waals surface area contributed by atoms with Gasteiger partial charge < -0.3 is 20.5 Å². The van der Waals surface area contributed by atoms with E-state index in [2.05, 4.69) is 34.9 Å². The zero-order valence-electron chi connectivity index (χ0n) is 20.2. The summed E-state index contributed by atoms with van der Waals surface area (Å²) in [4.78, 5) is 35.8. The van der Waals surface area contributed by atoms with Crippen molar-refractivity contribution in [2.45, 2.75) is 51.4 Å². The number of carboxylic acid groups (broad SMARTS) is 1. The minimum atomic E-state index is -0.823. The van der Waals surface area contributed by atoms with Crippen LogP contribution in [-0.4, -0.2) is 42.8 Å². The molecule has 0 spiro atoms. The highest BCUT2D eigenvalue weighted by molar-refractivity contribution is 5.79.